The molecule has 0 saturated heterocycles. The number of amides is 1. The van der Waals surface area contributed by atoms with E-state index in [1.54, 1.807) is 12.1 Å². The first-order valence-corrected chi connectivity index (χ1v) is 8.68. The maximum atomic E-state index is 14.0. The molecule has 0 fully saturated rings. The van der Waals surface area contributed by atoms with E-state index >= 15 is 0 Å². The third-order valence-electron chi connectivity index (χ3n) is 3.81. The predicted octanol–water partition coefficient (Wildman–Crippen LogP) is 2.95. The Morgan fingerprint density at radius 2 is 1.79 bits per heavy atom. The lowest BCUT2D eigenvalue weighted by molar-refractivity contribution is 0.102. The monoisotopic (exact) mass is 350 g/mol. The summed E-state index contributed by atoms with van der Waals surface area (Å²) in [4.78, 5) is 12.2. The number of carbonyl (C=O) groups is 1. The second-order valence-electron chi connectivity index (χ2n) is 5.63. The summed E-state index contributed by atoms with van der Waals surface area (Å²) in [6.45, 7) is 3.74. The number of hydrogen-bond acceptors (Lipinski definition) is 3. The second-order valence-corrected chi connectivity index (χ2v) is 7.78. The molecule has 2 aromatic carbocycles. The van der Waals surface area contributed by atoms with Gasteiger partial charge in [-0.3, -0.25) is 4.79 Å². The first kappa shape index (κ1) is 18.1. The quantitative estimate of drug-likeness (QED) is 0.922. The number of aryl methyl sites for hydroxylation is 1. The van der Waals surface area contributed by atoms with Gasteiger partial charge in [0.2, 0.25) is 10.0 Å². The van der Waals surface area contributed by atoms with Gasteiger partial charge in [-0.2, -0.15) is 0 Å². The molecule has 0 aromatic heterocycles. The standard InChI is InChI=1S/C17H19FN2O3S/c1-11-6-5-7-16(12(11)2)19-17(21)14-10-13(8-9-15(14)18)24(22,23)20(3)4/h5-10H,1-4H3,(H,19,21). The van der Waals surface area contributed by atoms with Crippen LogP contribution in [0.15, 0.2) is 41.3 Å². The van der Waals surface area contributed by atoms with Crippen LogP contribution >= 0.6 is 0 Å². The van der Waals surface area contributed by atoms with Gasteiger partial charge in [0.05, 0.1) is 10.5 Å². The fourth-order valence-electron chi connectivity index (χ4n) is 2.13. The van der Waals surface area contributed by atoms with Crippen LogP contribution in [0.2, 0.25) is 0 Å². The molecule has 0 unspecified atom stereocenters. The van der Waals surface area contributed by atoms with E-state index in [1.807, 2.05) is 19.9 Å². The van der Waals surface area contributed by atoms with Crippen molar-refractivity contribution in [3.63, 3.8) is 0 Å². The van der Waals surface area contributed by atoms with Gasteiger partial charge in [0.1, 0.15) is 5.82 Å². The van der Waals surface area contributed by atoms with E-state index in [1.165, 1.54) is 14.1 Å². The molecule has 1 N–H and O–H groups in total. The Bertz CT molecular complexity index is 893. The van der Waals surface area contributed by atoms with E-state index in [9.17, 15) is 17.6 Å². The van der Waals surface area contributed by atoms with Crippen molar-refractivity contribution >= 4 is 21.6 Å². The van der Waals surface area contributed by atoms with Crippen molar-refractivity contribution in [2.24, 2.45) is 0 Å². The summed E-state index contributed by atoms with van der Waals surface area (Å²) in [5.41, 5.74) is 2.08. The third-order valence-corrected chi connectivity index (χ3v) is 5.62. The number of benzene rings is 2. The topological polar surface area (TPSA) is 66.5 Å². The molecule has 2 aromatic rings. The molecule has 0 aliphatic heterocycles. The normalized spacial score (nSPS) is 11.6. The molecular weight excluding hydrogens is 331 g/mol. The minimum atomic E-state index is -3.75. The van der Waals surface area contributed by atoms with Gasteiger partial charge in [0.25, 0.3) is 5.91 Å². The van der Waals surface area contributed by atoms with Crippen molar-refractivity contribution in [3.05, 3.63) is 58.9 Å². The van der Waals surface area contributed by atoms with Crippen LogP contribution in [0.3, 0.4) is 0 Å². The third kappa shape index (κ3) is 3.47. The molecular formula is C17H19FN2O3S. The highest BCUT2D eigenvalue weighted by Crippen LogP contribution is 2.21. The minimum absolute atomic E-state index is 0.139. The van der Waals surface area contributed by atoms with Crippen molar-refractivity contribution in [1.29, 1.82) is 0 Å². The van der Waals surface area contributed by atoms with Crippen molar-refractivity contribution in [2.45, 2.75) is 18.7 Å². The van der Waals surface area contributed by atoms with E-state index in [4.69, 9.17) is 0 Å². The molecule has 7 heteroatoms. The molecule has 0 aliphatic rings. The van der Waals surface area contributed by atoms with Crippen molar-refractivity contribution in [2.75, 3.05) is 19.4 Å². The molecule has 0 heterocycles. The Hall–Kier alpha value is -2.25. The Balaban J connectivity index is 2.41. The van der Waals surface area contributed by atoms with Crippen LogP contribution in [-0.4, -0.2) is 32.7 Å². The van der Waals surface area contributed by atoms with Gasteiger partial charge < -0.3 is 5.32 Å². The molecule has 128 valence electrons. The van der Waals surface area contributed by atoms with Gasteiger partial charge >= 0.3 is 0 Å². The first-order valence-electron chi connectivity index (χ1n) is 7.24. The molecule has 0 aliphatic carbocycles. The molecule has 0 radical (unpaired) electrons. The second kappa shape index (κ2) is 6.70. The fraction of sp³-hybridized carbons (Fsp3) is 0.235. The average Bonchev–Trinajstić information content (AvgIpc) is 2.51. The number of carbonyl (C=O) groups excluding carboxylic acids is 1. The van der Waals surface area contributed by atoms with Crippen LogP contribution in [0.25, 0.3) is 0 Å². The Morgan fingerprint density at radius 1 is 1.12 bits per heavy atom. The van der Waals surface area contributed by atoms with Gasteiger partial charge in [-0.1, -0.05) is 12.1 Å². The summed E-state index contributed by atoms with van der Waals surface area (Å²) in [5.74, 6) is -1.48. The summed E-state index contributed by atoms with van der Waals surface area (Å²) in [7, 11) is -1.01. The highest BCUT2D eigenvalue weighted by Gasteiger charge is 2.21. The van der Waals surface area contributed by atoms with Crippen LogP contribution in [0.1, 0.15) is 21.5 Å². The molecule has 0 atom stereocenters. The zero-order chi connectivity index (χ0) is 18.1. The molecule has 5 nitrogen and oxygen atoms in total. The van der Waals surface area contributed by atoms with Gasteiger partial charge in [0.15, 0.2) is 0 Å². The Labute approximate surface area is 141 Å². The highest BCUT2D eigenvalue weighted by molar-refractivity contribution is 7.89. The predicted molar refractivity (Wildman–Crippen MR) is 91.1 cm³/mol. The smallest absolute Gasteiger partial charge is 0.258 e. The zero-order valence-electron chi connectivity index (χ0n) is 13.9. The van der Waals surface area contributed by atoms with E-state index in [2.05, 4.69) is 5.32 Å². The zero-order valence-corrected chi connectivity index (χ0v) is 14.7. The summed E-state index contributed by atoms with van der Waals surface area (Å²) < 4.78 is 39.3. The van der Waals surface area contributed by atoms with E-state index in [0.29, 0.717) is 5.69 Å². The lowest BCUT2D eigenvalue weighted by Gasteiger charge is -2.14. The lowest BCUT2D eigenvalue weighted by atomic mass is 10.1. The van der Waals surface area contributed by atoms with E-state index < -0.39 is 21.7 Å². The van der Waals surface area contributed by atoms with Crippen LogP contribution in [0, 0.1) is 19.7 Å². The summed E-state index contributed by atoms with van der Waals surface area (Å²) in [6, 6.07) is 8.55. The SMILES string of the molecule is Cc1cccc(NC(=O)c2cc(S(=O)(=O)N(C)C)ccc2F)c1C. The van der Waals surface area contributed by atoms with Gasteiger partial charge in [-0.15, -0.1) is 0 Å². The molecule has 0 saturated carbocycles. The minimum Gasteiger partial charge on any atom is -0.322 e. The molecule has 24 heavy (non-hydrogen) atoms. The maximum Gasteiger partial charge on any atom is 0.258 e. The van der Waals surface area contributed by atoms with Crippen molar-refractivity contribution in [1.82, 2.24) is 4.31 Å². The largest absolute Gasteiger partial charge is 0.322 e. The maximum absolute atomic E-state index is 14.0. The Morgan fingerprint density at radius 3 is 2.42 bits per heavy atom. The molecule has 2 rings (SSSR count). The average molecular weight is 350 g/mol. The fourth-order valence-corrected chi connectivity index (χ4v) is 3.05. The van der Waals surface area contributed by atoms with Crippen LogP contribution in [0.4, 0.5) is 10.1 Å². The van der Waals surface area contributed by atoms with Crippen LogP contribution < -0.4 is 5.32 Å². The van der Waals surface area contributed by atoms with E-state index in [0.717, 1.165) is 33.6 Å². The summed E-state index contributed by atoms with van der Waals surface area (Å²) >= 11 is 0. The van der Waals surface area contributed by atoms with Crippen molar-refractivity contribution < 1.29 is 17.6 Å². The number of halogens is 1. The lowest BCUT2D eigenvalue weighted by Crippen LogP contribution is -2.23. The number of nitrogens with zero attached hydrogens (tertiary/aromatic N) is 1. The first-order chi connectivity index (χ1) is 11.1. The number of sulfonamides is 1. The number of nitrogens with one attached hydrogen (secondary N) is 1. The van der Waals surface area contributed by atoms with Gasteiger partial charge in [-0.05, 0) is 49.2 Å². The van der Waals surface area contributed by atoms with Gasteiger partial charge in [-0.25, -0.2) is 17.1 Å². The number of anilines is 1. The summed E-state index contributed by atoms with van der Waals surface area (Å²) in [6.07, 6.45) is 0. The Kier molecular flexibility index (Phi) is 5.05. The highest BCUT2D eigenvalue weighted by atomic mass is 32.2. The van der Waals surface area contributed by atoms with E-state index in [-0.39, 0.29) is 10.5 Å². The number of hydrogen-bond donors (Lipinski definition) is 1. The molecule has 0 spiro atoms. The number of rotatable bonds is 4. The summed E-state index contributed by atoms with van der Waals surface area (Å²) in [5, 5.41) is 2.63. The van der Waals surface area contributed by atoms with Crippen LogP contribution in [-0.2, 0) is 10.0 Å². The molecule has 0 bridgehead atoms. The van der Waals surface area contributed by atoms with Crippen LogP contribution in [0.5, 0.6) is 0 Å². The van der Waals surface area contributed by atoms with Gasteiger partial charge in [0, 0.05) is 19.8 Å². The molecule has 1 amide bonds. The van der Waals surface area contributed by atoms with Crippen molar-refractivity contribution in [3.8, 4) is 0 Å².